The number of nitrogens with zero attached hydrogens (tertiary/aromatic N) is 1. The number of hydrogen-bond donors (Lipinski definition) is 0. The van der Waals surface area contributed by atoms with Crippen molar-refractivity contribution in [3.05, 3.63) is 35.9 Å². The maximum Gasteiger partial charge on any atom is 0.318 e. The molecule has 6 heteroatoms. The molecule has 6 nitrogen and oxygen atoms in total. The summed E-state index contributed by atoms with van der Waals surface area (Å²) in [5.41, 5.74) is 1.10. The van der Waals surface area contributed by atoms with Crippen LogP contribution in [0.1, 0.15) is 57.9 Å². The molecule has 3 rings (SSSR count). The molecular weight excluding hydrogens is 382 g/mol. The van der Waals surface area contributed by atoms with E-state index in [2.05, 4.69) is 4.90 Å². The van der Waals surface area contributed by atoms with Crippen molar-refractivity contribution in [3.63, 3.8) is 0 Å². The molecule has 2 saturated heterocycles. The molecule has 164 valence electrons. The Hall–Kier alpha value is -2.21. The third-order valence-corrected chi connectivity index (χ3v) is 6.19. The van der Waals surface area contributed by atoms with Crippen molar-refractivity contribution in [2.24, 2.45) is 11.8 Å². The molecule has 4 unspecified atom stereocenters. The summed E-state index contributed by atoms with van der Waals surface area (Å²) in [7, 11) is 0. The molecule has 0 aromatic heterocycles. The van der Waals surface area contributed by atoms with Gasteiger partial charge in [0.05, 0.1) is 13.2 Å². The van der Waals surface area contributed by atoms with Crippen LogP contribution >= 0.6 is 0 Å². The van der Waals surface area contributed by atoms with Gasteiger partial charge in [0, 0.05) is 18.6 Å². The SMILES string of the molecule is CCCCOC(=O)C1C(=O)C(C(=O)OCCCC)C2CCC1N2Cc1ccccc1. The van der Waals surface area contributed by atoms with Crippen molar-refractivity contribution >= 4 is 17.7 Å². The Kier molecular flexibility index (Phi) is 8.02. The lowest BCUT2D eigenvalue weighted by Crippen LogP contribution is -2.58. The summed E-state index contributed by atoms with van der Waals surface area (Å²) in [6, 6.07) is 9.50. The van der Waals surface area contributed by atoms with Crippen molar-refractivity contribution in [1.82, 2.24) is 4.90 Å². The molecule has 0 radical (unpaired) electrons. The van der Waals surface area contributed by atoms with Gasteiger partial charge in [0.25, 0.3) is 0 Å². The highest BCUT2D eigenvalue weighted by Gasteiger charge is 2.58. The Morgan fingerprint density at radius 2 is 1.40 bits per heavy atom. The number of ether oxygens (including phenoxy) is 2. The van der Waals surface area contributed by atoms with Crippen molar-refractivity contribution in [3.8, 4) is 0 Å². The molecule has 2 aliphatic heterocycles. The van der Waals surface area contributed by atoms with Crippen molar-refractivity contribution < 1.29 is 23.9 Å². The molecule has 0 amide bonds. The van der Waals surface area contributed by atoms with Gasteiger partial charge in [0.15, 0.2) is 5.78 Å². The summed E-state index contributed by atoms with van der Waals surface area (Å²) in [5.74, 6) is -3.16. The molecule has 2 fully saturated rings. The average Bonchev–Trinajstić information content (AvgIpc) is 3.04. The number of piperidine rings is 1. The second kappa shape index (κ2) is 10.7. The number of hydrogen-bond acceptors (Lipinski definition) is 6. The summed E-state index contributed by atoms with van der Waals surface area (Å²) in [4.78, 5) is 41.2. The Labute approximate surface area is 178 Å². The summed E-state index contributed by atoms with van der Waals surface area (Å²) in [5, 5.41) is 0. The molecule has 2 bridgehead atoms. The molecule has 4 atom stereocenters. The first-order valence-corrected chi connectivity index (χ1v) is 11.2. The number of benzene rings is 1. The fourth-order valence-corrected chi connectivity index (χ4v) is 4.60. The van der Waals surface area contributed by atoms with Crippen LogP contribution in [0.2, 0.25) is 0 Å². The van der Waals surface area contributed by atoms with Gasteiger partial charge >= 0.3 is 11.9 Å². The Bertz CT molecular complexity index is 694. The fraction of sp³-hybridized carbons (Fsp3) is 0.625. The topological polar surface area (TPSA) is 72.9 Å². The zero-order valence-corrected chi connectivity index (χ0v) is 18.0. The van der Waals surface area contributed by atoms with Gasteiger partial charge in [-0.15, -0.1) is 0 Å². The summed E-state index contributed by atoms with van der Waals surface area (Å²) in [6.45, 7) is 5.25. The first kappa shape index (κ1) is 22.5. The number of unbranched alkanes of at least 4 members (excludes halogenated alkanes) is 2. The van der Waals surface area contributed by atoms with Crippen LogP contribution in [0.5, 0.6) is 0 Å². The standard InChI is InChI=1S/C24H33NO5/c1-3-5-14-29-23(27)20-18-12-13-19(25(18)16-17-10-8-7-9-11-17)21(22(20)26)24(28)30-15-6-4-2/h7-11,18-21H,3-6,12-16H2,1-2H3. The van der Waals surface area contributed by atoms with Crippen LogP contribution in [-0.4, -0.2) is 47.9 Å². The number of ketones is 1. The minimum Gasteiger partial charge on any atom is -0.465 e. The van der Waals surface area contributed by atoms with Crippen LogP contribution in [0.3, 0.4) is 0 Å². The Morgan fingerprint density at radius 1 is 0.900 bits per heavy atom. The minimum atomic E-state index is -0.923. The van der Waals surface area contributed by atoms with Crippen LogP contribution in [-0.2, 0) is 30.4 Å². The number of Topliss-reactive ketones (excluding diaryl/α,β-unsaturated/α-hetero) is 1. The van der Waals surface area contributed by atoms with Gasteiger partial charge in [-0.3, -0.25) is 19.3 Å². The predicted molar refractivity (Wildman–Crippen MR) is 113 cm³/mol. The average molecular weight is 416 g/mol. The van der Waals surface area contributed by atoms with Gasteiger partial charge in [0.2, 0.25) is 0 Å². The van der Waals surface area contributed by atoms with Crippen LogP contribution < -0.4 is 0 Å². The highest BCUT2D eigenvalue weighted by molar-refractivity contribution is 6.10. The number of esters is 2. The van der Waals surface area contributed by atoms with Gasteiger partial charge < -0.3 is 9.47 Å². The molecule has 30 heavy (non-hydrogen) atoms. The minimum absolute atomic E-state index is 0.225. The van der Waals surface area contributed by atoms with E-state index in [1.165, 1.54) is 0 Å². The third-order valence-electron chi connectivity index (χ3n) is 6.19. The van der Waals surface area contributed by atoms with Crippen molar-refractivity contribution in [2.75, 3.05) is 13.2 Å². The maximum atomic E-state index is 13.3. The van der Waals surface area contributed by atoms with E-state index in [1.54, 1.807) is 0 Å². The lowest BCUT2D eigenvalue weighted by atomic mass is 9.81. The second-order valence-corrected chi connectivity index (χ2v) is 8.27. The van der Waals surface area contributed by atoms with Crippen molar-refractivity contribution in [2.45, 2.75) is 71.0 Å². The van der Waals surface area contributed by atoms with E-state index < -0.39 is 23.8 Å². The highest BCUT2D eigenvalue weighted by atomic mass is 16.5. The third kappa shape index (κ3) is 4.91. The zero-order valence-electron chi connectivity index (χ0n) is 18.0. The Morgan fingerprint density at radius 3 is 1.87 bits per heavy atom. The molecule has 0 aliphatic carbocycles. The highest BCUT2D eigenvalue weighted by Crippen LogP contribution is 2.42. The van der Waals surface area contributed by atoms with Gasteiger partial charge in [-0.25, -0.2) is 0 Å². The molecule has 0 N–H and O–H groups in total. The number of carbonyl (C=O) groups is 3. The van der Waals surface area contributed by atoms with E-state index >= 15 is 0 Å². The van der Waals surface area contributed by atoms with Gasteiger partial charge in [-0.05, 0) is 31.2 Å². The number of carbonyl (C=O) groups excluding carboxylic acids is 3. The largest absolute Gasteiger partial charge is 0.465 e. The molecule has 1 aromatic rings. The van der Waals surface area contributed by atoms with E-state index in [0.717, 1.165) is 31.2 Å². The molecule has 0 saturated carbocycles. The van der Waals surface area contributed by atoms with Crippen LogP contribution in [0.4, 0.5) is 0 Å². The fourth-order valence-electron chi connectivity index (χ4n) is 4.60. The van der Waals surface area contributed by atoms with E-state index in [-0.39, 0.29) is 17.9 Å². The predicted octanol–water partition coefficient (Wildman–Crippen LogP) is 3.52. The molecule has 2 heterocycles. The van der Waals surface area contributed by atoms with E-state index in [1.807, 2.05) is 44.2 Å². The van der Waals surface area contributed by atoms with Gasteiger partial charge in [-0.2, -0.15) is 0 Å². The molecule has 0 spiro atoms. The first-order chi connectivity index (χ1) is 14.6. The van der Waals surface area contributed by atoms with E-state index in [9.17, 15) is 14.4 Å². The summed E-state index contributed by atoms with van der Waals surface area (Å²) < 4.78 is 10.9. The maximum absolute atomic E-state index is 13.3. The summed E-state index contributed by atoms with van der Waals surface area (Å²) in [6.07, 6.45) is 4.74. The quantitative estimate of drug-likeness (QED) is 0.331. The molecular formula is C24H33NO5. The number of fused-ring (bicyclic) bond motifs is 2. The molecule has 2 aliphatic rings. The monoisotopic (exact) mass is 415 g/mol. The summed E-state index contributed by atoms with van der Waals surface area (Å²) >= 11 is 0. The lowest BCUT2D eigenvalue weighted by molar-refractivity contribution is -0.166. The van der Waals surface area contributed by atoms with Crippen LogP contribution in [0, 0.1) is 11.8 Å². The second-order valence-electron chi connectivity index (χ2n) is 8.27. The van der Waals surface area contributed by atoms with E-state index in [4.69, 9.17) is 9.47 Å². The van der Waals surface area contributed by atoms with Crippen LogP contribution in [0.25, 0.3) is 0 Å². The van der Waals surface area contributed by atoms with Gasteiger partial charge in [0.1, 0.15) is 11.8 Å². The smallest absolute Gasteiger partial charge is 0.318 e. The van der Waals surface area contributed by atoms with Gasteiger partial charge in [-0.1, -0.05) is 57.0 Å². The number of rotatable bonds is 10. The van der Waals surface area contributed by atoms with Crippen LogP contribution in [0.15, 0.2) is 30.3 Å². The first-order valence-electron chi connectivity index (χ1n) is 11.2. The normalized spacial score (nSPS) is 25.9. The van der Waals surface area contributed by atoms with Crippen molar-refractivity contribution in [1.29, 1.82) is 0 Å². The zero-order chi connectivity index (χ0) is 21.5. The van der Waals surface area contributed by atoms with E-state index in [0.29, 0.717) is 32.6 Å². The Balaban J connectivity index is 1.84. The lowest BCUT2D eigenvalue weighted by Gasteiger charge is -2.41. The molecule has 1 aromatic carbocycles.